The second kappa shape index (κ2) is 18.2. The molecule has 61 heavy (non-hydrogen) atoms. The number of nitrogens with one attached hydrogen (secondary N) is 1. The molecule has 0 bridgehead atoms. The standard InChI is InChI=1S/C28H38N6O3.C12H13N3O2.C2HF3O2/c1-3-4-11-29-28-30-17-24-22-10-5-19(18-33-14-12-32(2)13-15-33)16-23(22)26(35)34(25(24)31-28)21-8-6-20(7-9-21)27(36)37;16-9-7-8(13-1-2-13)12(17)11(15-5-6-15)10(9)14-3-4-14;3-2(4,5)1(6)7/h5,10,16-17,20-21H,3-4,6-9,11-15,18H2,1-2H3,(H,36,37)(H,29,30,31);7H,1-6H2;(H,6,7). The SMILES string of the molecule is CCCCNc1ncc2c3ccc(CN4CCN(C)CC4)cc3c(=O)n(C3CCC(C(=O)O)CC3)c2n1.O=C(O)C(F)(F)F.O=C1C=C(N2CC2)C(=O)C(N2CC2)=C1N1CC1. The Morgan fingerprint density at radius 1 is 0.836 bits per heavy atom. The second-order valence-corrected chi connectivity index (χ2v) is 16.4. The van der Waals surface area contributed by atoms with Gasteiger partial charge in [0.25, 0.3) is 5.56 Å². The number of Topliss-reactive ketones (excluding diaryl/α,β-unsaturated/α-hetero) is 1. The Labute approximate surface area is 350 Å². The first-order chi connectivity index (χ1) is 29.1. The zero-order chi connectivity index (χ0) is 43.6. The summed E-state index contributed by atoms with van der Waals surface area (Å²) in [5, 5.41) is 22.3. The number of pyridine rings is 1. The number of unbranched alkanes of at least 4 members (excludes halogenated alkanes) is 1. The summed E-state index contributed by atoms with van der Waals surface area (Å²) in [6.07, 6.45) is 2.81. The van der Waals surface area contributed by atoms with E-state index in [0.29, 0.717) is 59.8 Å². The van der Waals surface area contributed by atoms with Gasteiger partial charge in [-0.1, -0.05) is 25.5 Å². The summed E-state index contributed by atoms with van der Waals surface area (Å²) in [6, 6.07) is 6.14. The van der Waals surface area contributed by atoms with Gasteiger partial charge in [-0.25, -0.2) is 9.78 Å². The van der Waals surface area contributed by atoms with E-state index in [1.54, 1.807) is 0 Å². The first-order valence-electron chi connectivity index (χ1n) is 21.0. The van der Waals surface area contributed by atoms with Crippen molar-refractivity contribution in [2.45, 2.75) is 64.2 Å². The number of halogens is 3. The Balaban J connectivity index is 0.000000190. The number of benzene rings is 1. The average Bonchev–Trinajstić information content (AvgIpc) is 4.06. The highest BCUT2D eigenvalue weighted by molar-refractivity contribution is 6.22. The van der Waals surface area contributed by atoms with Crippen LogP contribution in [0.4, 0.5) is 19.1 Å². The Hall–Kier alpha value is -5.56. The summed E-state index contributed by atoms with van der Waals surface area (Å²) in [4.78, 5) is 79.1. The molecule has 9 rings (SSSR count). The number of piperazine rings is 1. The van der Waals surface area contributed by atoms with Crippen LogP contribution in [-0.4, -0.2) is 158 Å². The molecule has 0 radical (unpaired) electrons. The maximum atomic E-state index is 14.1. The van der Waals surface area contributed by atoms with Crippen molar-refractivity contribution in [1.82, 2.24) is 39.0 Å². The monoisotopic (exact) mass is 851 g/mol. The van der Waals surface area contributed by atoms with E-state index in [9.17, 15) is 37.5 Å². The van der Waals surface area contributed by atoms with Crippen molar-refractivity contribution in [3.63, 3.8) is 0 Å². The van der Waals surface area contributed by atoms with Crippen molar-refractivity contribution in [2.24, 2.45) is 5.92 Å². The molecular formula is C42H52F3N9O7. The number of likely N-dealkylation sites (N-methyl/N-ethyl adjacent to an activating group) is 1. The quantitative estimate of drug-likeness (QED) is 0.110. The van der Waals surface area contributed by atoms with Gasteiger partial charge in [0.2, 0.25) is 17.5 Å². The number of aromatic nitrogens is 3. The van der Waals surface area contributed by atoms with Crippen molar-refractivity contribution in [1.29, 1.82) is 0 Å². The molecule has 6 aliphatic rings. The molecule has 4 saturated heterocycles. The second-order valence-electron chi connectivity index (χ2n) is 16.4. The molecule has 4 aliphatic heterocycles. The minimum Gasteiger partial charge on any atom is -0.481 e. The van der Waals surface area contributed by atoms with Gasteiger partial charge in [-0.15, -0.1) is 0 Å². The van der Waals surface area contributed by atoms with Gasteiger partial charge in [-0.3, -0.25) is 28.6 Å². The highest BCUT2D eigenvalue weighted by Gasteiger charge is 2.43. The molecule has 5 fully saturated rings. The van der Waals surface area contributed by atoms with Crippen molar-refractivity contribution < 1.29 is 42.6 Å². The predicted octanol–water partition coefficient (Wildman–Crippen LogP) is 3.53. The molecule has 0 amide bonds. The summed E-state index contributed by atoms with van der Waals surface area (Å²) >= 11 is 0. The number of nitrogens with zero attached hydrogens (tertiary/aromatic N) is 8. The molecule has 0 atom stereocenters. The largest absolute Gasteiger partial charge is 0.490 e. The van der Waals surface area contributed by atoms with Crippen molar-refractivity contribution in [2.75, 3.05) is 84.4 Å². The van der Waals surface area contributed by atoms with Crippen LogP contribution in [0.2, 0.25) is 0 Å². The van der Waals surface area contributed by atoms with Crippen LogP contribution in [0.25, 0.3) is 21.8 Å². The van der Waals surface area contributed by atoms with E-state index < -0.39 is 18.1 Å². The molecular weight excluding hydrogens is 800 g/mol. The van der Waals surface area contributed by atoms with Crippen molar-refractivity contribution in [3.8, 4) is 0 Å². The molecule has 6 heterocycles. The van der Waals surface area contributed by atoms with Gasteiger partial charge >= 0.3 is 18.1 Å². The van der Waals surface area contributed by atoms with Crippen LogP contribution >= 0.6 is 0 Å². The van der Waals surface area contributed by atoms with Crippen LogP contribution in [0.3, 0.4) is 0 Å². The minimum absolute atomic E-state index is 0.00546. The van der Waals surface area contributed by atoms with E-state index in [-0.39, 0.29) is 29.1 Å². The van der Waals surface area contributed by atoms with E-state index in [2.05, 4.69) is 40.1 Å². The smallest absolute Gasteiger partial charge is 0.481 e. The molecule has 0 unspecified atom stereocenters. The number of hydrogen-bond acceptors (Lipinski definition) is 13. The van der Waals surface area contributed by atoms with Crippen LogP contribution < -0.4 is 10.9 Å². The first kappa shape index (κ1) is 43.5. The minimum atomic E-state index is -5.08. The van der Waals surface area contributed by atoms with E-state index in [1.165, 1.54) is 6.08 Å². The Kier molecular flexibility index (Phi) is 13.0. The van der Waals surface area contributed by atoms with Crippen LogP contribution in [0.1, 0.15) is 57.1 Å². The number of ketones is 2. The highest BCUT2D eigenvalue weighted by Crippen LogP contribution is 2.36. The maximum Gasteiger partial charge on any atom is 0.490 e. The third-order valence-corrected chi connectivity index (χ3v) is 11.8. The van der Waals surface area contributed by atoms with E-state index in [4.69, 9.17) is 14.9 Å². The lowest BCUT2D eigenvalue weighted by molar-refractivity contribution is -0.192. The maximum absolute atomic E-state index is 14.1. The number of allylic oxidation sites excluding steroid dienone is 1. The summed E-state index contributed by atoms with van der Waals surface area (Å²) in [5.41, 5.74) is 3.61. The van der Waals surface area contributed by atoms with E-state index in [1.807, 2.05) is 37.6 Å². The van der Waals surface area contributed by atoms with Crippen molar-refractivity contribution in [3.05, 3.63) is 63.5 Å². The number of rotatable bonds is 11. The number of carboxylic acids is 2. The van der Waals surface area contributed by atoms with E-state index in [0.717, 1.165) is 108 Å². The highest BCUT2D eigenvalue weighted by atomic mass is 19.4. The van der Waals surface area contributed by atoms with Gasteiger partial charge in [-0.05, 0) is 56.2 Å². The van der Waals surface area contributed by atoms with Gasteiger partial charge in [0.05, 0.1) is 11.6 Å². The molecule has 0 spiro atoms. The first-order valence-corrected chi connectivity index (χ1v) is 21.0. The molecule has 19 heteroatoms. The Morgan fingerprint density at radius 3 is 2.03 bits per heavy atom. The number of fused-ring (bicyclic) bond motifs is 3. The summed E-state index contributed by atoms with van der Waals surface area (Å²) < 4.78 is 33.6. The molecule has 328 valence electrons. The third-order valence-electron chi connectivity index (χ3n) is 11.8. The molecule has 2 aliphatic carbocycles. The fourth-order valence-electron chi connectivity index (χ4n) is 8.00. The third kappa shape index (κ3) is 10.3. The van der Waals surface area contributed by atoms with Crippen molar-refractivity contribution >= 4 is 51.3 Å². The number of carboxylic acid groups (broad SMARTS) is 2. The van der Waals surface area contributed by atoms with Gasteiger partial charge in [0.1, 0.15) is 17.0 Å². The summed E-state index contributed by atoms with van der Waals surface area (Å²) in [6.45, 7) is 13.3. The van der Waals surface area contributed by atoms with Crippen LogP contribution in [0, 0.1) is 5.92 Å². The topological polar surface area (TPSA) is 184 Å². The van der Waals surface area contributed by atoms with E-state index >= 15 is 0 Å². The lowest BCUT2D eigenvalue weighted by Gasteiger charge is -2.32. The fraction of sp³-hybridized carbons (Fsp3) is 0.548. The zero-order valence-electron chi connectivity index (χ0n) is 34.4. The van der Waals surface area contributed by atoms with Gasteiger partial charge in [0.15, 0.2) is 0 Å². The van der Waals surface area contributed by atoms with Gasteiger partial charge in [0, 0.05) is 108 Å². The predicted molar refractivity (Wildman–Crippen MR) is 220 cm³/mol. The Morgan fingerprint density at radius 2 is 1.46 bits per heavy atom. The normalized spacial score (nSPS) is 21.7. The summed E-state index contributed by atoms with van der Waals surface area (Å²) in [7, 11) is 2.15. The number of aliphatic carboxylic acids is 2. The van der Waals surface area contributed by atoms with Crippen LogP contribution in [0.5, 0.6) is 0 Å². The van der Waals surface area contributed by atoms with Crippen LogP contribution in [0.15, 0.2) is 52.4 Å². The average molecular weight is 852 g/mol. The number of carbonyl (C=O) groups excluding carboxylic acids is 2. The number of carbonyl (C=O) groups is 4. The molecule has 16 nitrogen and oxygen atoms in total. The zero-order valence-corrected chi connectivity index (χ0v) is 34.4. The fourth-order valence-corrected chi connectivity index (χ4v) is 8.00. The number of alkyl halides is 3. The summed E-state index contributed by atoms with van der Waals surface area (Å²) in [5.74, 6) is -3.26. The molecule has 1 saturated carbocycles. The van der Waals surface area contributed by atoms with Gasteiger partial charge in [-0.2, -0.15) is 18.2 Å². The van der Waals surface area contributed by atoms with Gasteiger partial charge < -0.3 is 35.1 Å². The Bertz CT molecular complexity index is 2300. The molecule has 1 aromatic carbocycles. The lowest BCUT2D eigenvalue weighted by Crippen LogP contribution is -2.43. The van der Waals surface area contributed by atoms with Crippen LogP contribution in [-0.2, 0) is 25.7 Å². The number of anilines is 1. The molecule has 3 N–H and O–H groups in total. The number of hydrogen-bond donors (Lipinski definition) is 3. The molecule has 3 aromatic rings. The molecule has 2 aromatic heterocycles. The lowest BCUT2D eigenvalue weighted by atomic mass is 9.85.